The van der Waals surface area contributed by atoms with E-state index in [-0.39, 0.29) is 5.91 Å². The van der Waals surface area contributed by atoms with E-state index in [1.54, 1.807) is 0 Å². The molecule has 1 aromatic heterocycles. The Morgan fingerprint density at radius 2 is 1.79 bits per heavy atom. The molecule has 0 aliphatic carbocycles. The molecule has 2 rings (SSSR count). The molecule has 1 aromatic carbocycles. The van der Waals surface area contributed by atoms with Crippen LogP contribution in [0.1, 0.15) is 32.9 Å². The lowest BCUT2D eigenvalue weighted by Crippen LogP contribution is -2.30. The van der Waals surface area contributed by atoms with E-state index in [4.69, 9.17) is 5.84 Å². The highest BCUT2D eigenvalue weighted by Gasteiger charge is 2.15. The summed E-state index contributed by atoms with van der Waals surface area (Å²) >= 11 is 0. The topological polar surface area (TPSA) is 60.0 Å². The predicted molar refractivity (Wildman–Crippen MR) is 76.4 cm³/mol. The average Bonchev–Trinajstić information content (AvgIpc) is 2.68. The molecule has 0 bridgehead atoms. The van der Waals surface area contributed by atoms with Gasteiger partial charge in [-0.15, -0.1) is 0 Å². The lowest BCUT2D eigenvalue weighted by Gasteiger charge is -2.12. The maximum atomic E-state index is 11.7. The molecule has 0 radical (unpaired) electrons. The minimum Gasteiger partial charge on any atom is -0.318 e. The first-order valence-electron chi connectivity index (χ1n) is 6.23. The number of hydrazine groups is 1. The summed E-state index contributed by atoms with van der Waals surface area (Å²) in [5.41, 5.74) is 8.25. The third-order valence-electron chi connectivity index (χ3n) is 3.56. The third kappa shape index (κ3) is 2.27. The Hall–Kier alpha value is -2.07. The molecule has 0 saturated heterocycles. The van der Waals surface area contributed by atoms with Crippen molar-refractivity contribution < 1.29 is 4.79 Å². The highest BCUT2D eigenvalue weighted by molar-refractivity contribution is 5.95. The Balaban J connectivity index is 2.59. The second-order valence-electron chi connectivity index (χ2n) is 4.86. The van der Waals surface area contributed by atoms with Gasteiger partial charge in [0.1, 0.15) is 0 Å². The third-order valence-corrected chi connectivity index (χ3v) is 3.56. The first kappa shape index (κ1) is 13.4. The largest absolute Gasteiger partial charge is 0.318 e. The maximum absolute atomic E-state index is 11.7. The molecule has 0 unspecified atom stereocenters. The normalized spacial score (nSPS) is 10.6. The fourth-order valence-electron chi connectivity index (χ4n) is 2.33. The Labute approximate surface area is 113 Å². The fourth-order valence-corrected chi connectivity index (χ4v) is 2.33. The lowest BCUT2D eigenvalue weighted by atomic mass is 10.1. The summed E-state index contributed by atoms with van der Waals surface area (Å²) in [5, 5.41) is 0. The van der Waals surface area contributed by atoms with Gasteiger partial charge < -0.3 is 4.57 Å². The van der Waals surface area contributed by atoms with Gasteiger partial charge in [0.25, 0.3) is 5.91 Å². The van der Waals surface area contributed by atoms with Gasteiger partial charge in [-0.05, 0) is 57.0 Å². The van der Waals surface area contributed by atoms with Gasteiger partial charge in [-0.25, -0.2) is 5.84 Å². The van der Waals surface area contributed by atoms with Crippen molar-refractivity contribution in [2.24, 2.45) is 5.84 Å². The molecule has 0 fully saturated rings. The summed E-state index contributed by atoms with van der Waals surface area (Å²) in [7, 11) is 0. The first-order valence-corrected chi connectivity index (χ1v) is 6.23. The van der Waals surface area contributed by atoms with Crippen molar-refractivity contribution >= 4 is 5.91 Å². The molecule has 0 aliphatic heterocycles. The summed E-state index contributed by atoms with van der Waals surface area (Å²) in [5.74, 6) is 4.95. The van der Waals surface area contributed by atoms with Crippen molar-refractivity contribution in [2.75, 3.05) is 0 Å². The number of nitrogens with one attached hydrogen (secondary N) is 1. The quantitative estimate of drug-likeness (QED) is 0.493. The van der Waals surface area contributed by atoms with Crippen LogP contribution in [0.4, 0.5) is 0 Å². The van der Waals surface area contributed by atoms with E-state index in [2.05, 4.69) is 42.0 Å². The number of nitrogens with two attached hydrogens (primary N) is 1. The number of benzene rings is 1. The van der Waals surface area contributed by atoms with Gasteiger partial charge in [0.05, 0.1) is 5.56 Å². The molecule has 100 valence electrons. The highest BCUT2D eigenvalue weighted by atomic mass is 16.2. The molecule has 0 saturated carbocycles. The number of aryl methyl sites for hydroxylation is 3. The van der Waals surface area contributed by atoms with Gasteiger partial charge in [0.2, 0.25) is 0 Å². The van der Waals surface area contributed by atoms with Crippen LogP contribution >= 0.6 is 0 Å². The Morgan fingerprint density at radius 3 is 2.37 bits per heavy atom. The highest BCUT2D eigenvalue weighted by Crippen LogP contribution is 2.22. The van der Waals surface area contributed by atoms with Crippen LogP contribution in [0.5, 0.6) is 0 Å². The van der Waals surface area contributed by atoms with Gasteiger partial charge >= 0.3 is 0 Å². The van der Waals surface area contributed by atoms with Crippen molar-refractivity contribution in [3.63, 3.8) is 0 Å². The molecule has 0 atom stereocenters. The van der Waals surface area contributed by atoms with Crippen molar-refractivity contribution in [3.8, 4) is 5.69 Å². The monoisotopic (exact) mass is 257 g/mol. The SMILES string of the molecule is Cc1ccc(-n2c(C)cc(C(=O)NN)c2C)cc1C. The molecule has 1 heterocycles. The molecule has 3 N–H and O–H groups in total. The van der Waals surface area contributed by atoms with Crippen molar-refractivity contribution in [3.05, 3.63) is 52.3 Å². The van der Waals surface area contributed by atoms with E-state index in [9.17, 15) is 4.79 Å². The van der Waals surface area contributed by atoms with Crippen molar-refractivity contribution in [1.29, 1.82) is 0 Å². The van der Waals surface area contributed by atoms with Crippen LogP contribution in [0.25, 0.3) is 5.69 Å². The molecule has 4 nitrogen and oxygen atoms in total. The summed E-state index contributed by atoms with van der Waals surface area (Å²) < 4.78 is 2.07. The Morgan fingerprint density at radius 1 is 1.11 bits per heavy atom. The van der Waals surface area contributed by atoms with E-state index in [0.717, 1.165) is 17.1 Å². The van der Waals surface area contributed by atoms with E-state index < -0.39 is 0 Å². The number of nitrogen functional groups attached to an aromatic ring is 1. The summed E-state index contributed by atoms with van der Waals surface area (Å²) in [6, 6.07) is 8.13. The van der Waals surface area contributed by atoms with Crippen molar-refractivity contribution in [2.45, 2.75) is 27.7 Å². The van der Waals surface area contributed by atoms with Crippen LogP contribution in [0.2, 0.25) is 0 Å². The van der Waals surface area contributed by atoms with Crippen LogP contribution in [0.3, 0.4) is 0 Å². The maximum Gasteiger partial charge on any atom is 0.267 e. The standard InChI is InChI=1S/C15H19N3O/c1-9-5-6-13(7-10(9)2)18-11(3)8-14(12(18)4)15(19)17-16/h5-8H,16H2,1-4H3,(H,17,19). The summed E-state index contributed by atoms with van der Waals surface area (Å²) in [6.07, 6.45) is 0. The molecular weight excluding hydrogens is 238 g/mol. The minimum atomic E-state index is -0.261. The van der Waals surface area contributed by atoms with Crippen LogP contribution in [-0.4, -0.2) is 10.5 Å². The zero-order valence-electron chi connectivity index (χ0n) is 11.7. The molecular formula is C15H19N3O. The molecule has 0 spiro atoms. The second kappa shape index (κ2) is 4.90. The predicted octanol–water partition coefficient (Wildman–Crippen LogP) is 2.31. The van der Waals surface area contributed by atoms with Crippen LogP contribution < -0.4 is 11.3 Å². The van der Waals surface area contributed by atoms with Gasteiger partial charge in [-0.1, -0.05) is 6.07 Å². The zero-order chi connectivity index (χ0) is 14.2. The zero-order valence-corrected chi connectivity index (χ0v) is 11.7. The Bertz CT molecular complexity index is 641. The van der Waals surface area contributed by atoms with Gasteiger partial charge in [-0.3, -0.25) is 10.2 Å². The van der Waals surface area contributed by atoms with E-state index in [0.29, 0.717) is 5.56 Å². The number of aromatic nitrogens is 1. The minimum absolute atomic E-state index is 0.261. The number of carbonyl (C=O) groups is 1. The number of carbonyl (C=O) groups excluding carboxylic acids is 1. The van der Waals surface area contributed by atoms with E-state index in [1.165, 1.54) is 11.1 Å². The van der Waals surface area contributed by atoms with Crippen LogP contribution in [-0.2, 0) is 0 Å². The number of rotatable bonds is 2. The molecule has 1 amide bonds. The first-order chi connectivity index (χ1) is 8.95. The molecule has 0 aliphatic rings. The van der Waals surface area contributed by atoms with Gasteiger partial charge in [0, 0.05) is 17.1 Å². The van der Waals surface area contributed by atoms with Gasteiger partial charge in [0.15, 0.2) is 0 Å². The van der Waals surface area contributed by atoms with Gasteiger partial charge in [-0.2, -0.15) is 0 Å². The molecule has 19 heavy (non-hydrogen) atoms. The smallest absolute Gasteiger partial charge is 0.267 e. The second-order valence-corrected chi connectivity index (χ2v) is 4.86. The Kier molecular flexibility index (Phi) is 3.44. The molecule has 4 heteroatoms. The molecule has 2 aromatic rings. The summed E-state index contributed by atoms with van der Waals surface area (Å²) in [6.45, 7) is 8.07. The van der Waals surface area contributed by atoms with Crippen LogP contribution in [0, 0.1) is 27.7 Å². The fraction of sp³-hybridized carbons (Fsp3) is 0.267. The average molecular weight is 257 g/mol. The number of hydrogen-bond acceptors (Lipinski definition) is 2. The number of amides is 1. The lowest BCUT2D eigenvalue weighted by molar-refractivity contribution is 0.0953. The van der Waals surface area contributed by atoms with Crippen LogP contribution in [0.15, 0.2) is 24.3 Å². The number of nitrogens with zero attached hydrogens (tertiary/aromatic N) is 1. The van der Waals surface area contributed by atoms with E-state index in [1.807, 2.05) is 19.9 Å². The number of hydrogen-bond donors (Lipinski definition) is 2. The van der Waals surface area contributed by atoms with Crippen molar-refractivity contribution in [1.82, 2.24) is 9.99 Å². The summed E-state index contributed by atoms with van der Waals surface area (Å²) in [4.78, 5) is 11.7. The van der Waals surface area contributed by atoms with E-state index >= 15 is 0 Å².